The Morgan fingerprint density at radius 3 is 1.67 bits per heavy atom. The molecule has 0 rings (SSSR count). The number of quaternary nitrogens is 1. The fourth-order valence-corrected chi connectivity index (χ4v) is 4.99. The molecule has 280 valence electrons. The molecule has 0 aromatic rings. The first kappa shape index (κ1) is 46.0. The second-order valence-electron chi connectivity index (χ2n) is 13.4. The van der Waals surface area contributed by atoms with E-state index in [0.29, 0.717) is 12.8 Å². The van der Waals surface area contributed by atoms with Gasteiger partial charge in [0.1, 0.15) is 12.6 Å². The summed E-state index contributed by atoms with van der Waals surface area (Å²) in [6.07, 6.45) is 36.9. The quantitative estimate of drug-likeness (QED) is 0.0305. The molecule has 49 heavy (non-hydrogen) atoms. The van der Waals surface area contributed by atoms with E-state index in [-0.39, 0.29) is 49.1 Å². The highest BCUT2D eigenvalue weighted by Crippen LogP contribution is 2.12. The molecule has 0 N–H and O–H groups in total. The van der Waals surface area contributed by atoms with Gasteiger partial charge >= 0.3 is 11.9 Å². The Kier molecular flexibility index (Phi) is 30.3. The molecule has 0 bridgehead atoms. The summed E-state index contributed by atoms with van der Waals surface area (Å²) in [6, 6.07) is -0.733. The Balaban J connectivity index is 4.48. The fourth-order valence-electron chi connectivity index (χ4n) is 4.99. The largest absolute Gasteiger partial charge is 0.544 e. The lowest BCUT2D eigenvalue weighted by atomic mass is 10.1. The molecule has 0 aliphatic heterocycles. The number of hydrogen-bond acceptors (Lipinski definition) is 7. The third kappa shape index (κ3) is 30.8. The van der Waals surface area contributed by atoms with Gasteiger partial charge in [0.05, 0.1) is 40.3 Å². The monoisotopic (exact) mass is 688 g/mol. The van der Waals surface area contributed by atoms with Crippen molar-refractivity contribution in [2.75, 3.05) is 41.0 Å². The Hall–Kier alpha value is -2.97. The Morgan fingerprint density at radius 2 is 1.14 bits per heavy atom. The number of rotatable bonds is 32. The van der Waals surface area contributed by atoms with Crippen molar-refractivity contribution in [3.8, 4) is 0 Å². The average Bonchev–Trinajstić information content (AvgIpc) is 3.05. The maximum atomic E-state index is 12.6. The molecule has 0 aromatic heterocycles. The van der Waals surface area contributed by atoms with Crippen LogP contribution < -0.4 is 5.11 Å². The number of esters is 2. The van der Waals surface area contributed by atoms with Crippen LogP contribution in [0, 0.1) is 0 Å². The molecule has 0 aliphatic rings. The number of aliphatic carboxylic acids is 1. The van der Waals surface area contributed by atoms with Crippen LogP contribution in [0.3, 0.4) is 0 Å². The van der Waals surface area contributed by atoms with E-state index < -0.39 is 18.1 Å². The van der Waals surface area contributed by atoms with E-state index in [0.717, 1.165) is 57.8 Å². The molecular weight excluding hydrogens is 618 g/mol. The van der Waals surface area contributed by atoms with Crippen molar-refractivity contribution in [3.05, 3.63) is 60.8 Å². The molecule has 8 heteroatoms. The Labute approximate surface area is 298 Å². The lowest BCUT2D eigenvalue weighted by Crippen LogP contribution is -2.55. The first-order valence-corrected chi connectivity index (χ1v) is 18.8. The first-order valence-electron chi connectivity index (χ1n) is 18.8. The second-order valence-corrected chi connectivity index (χ2v) is 13.4. The van der Waals surface area contributed by atoms with Gasteiger partial charge in [-0.25, -0.2) is 0 Å². The summed E-state index contributed by atoms with van der Waals surface area (Å²) in [5, 5.41) is 11.6. The number of carboxylic acid groups (broad SMARTS) is 1. The highest BCUT2D eigenvalue weighted by molar-refractivity contribution is 5.70. The van der Waals surface area contributed by atoms with Gasteiger partial charge in [-0.05, 0) is 51.4 Å². The number of hydrogen-bond donors (Lipinski definition) is 0. The van der Waals surface area contributed by atoms with E-state index in [9.17, 15) is 19.5 Å². The van der Waals surface area contributed by atoms with Crippen molar-refractivity contribution in [3.63, 3.8) is 0 Å². The number of likely N-dealkylation sites (N-methyl/N-ethyl adjacent to an activating group) is 1. The molecule has 2 unspecified atom stereocenters. The molecule has 0 radical (unpaired) electrons. The molecule has 8 nitrogen and oxygen atoms in total. The van der Waals surface area contributed by atoms with Crippen molar-refractivity contribution < 1.29 is 38.2 Å². The van der Waals surface area contributed by atoms with E-state index in [1.807, 2.05) is 0 Å². The standard InChI is InChI=1S/C41H69NO7/c1-6-8-10-12-14-16-17-18-19-20-21-22-23-24-26-27-29-31-39(43)48-36-37(35-47-34-33-38(41(45)46)42(3,4)5)49-40(44)32-30-28-25-15-13-11-9-7-2/h8,10,14,16,18-19,21-22,24,26,37-38H,6-7,9,11-13,15,17,20,23,25,27-36H2,1-5H3/b10-8+,16-14+,19-18+,22-21+,26-24+. The lowest BCUT2D eigenvalue weighted by molar-refractivity contribution is -0.889. The van der Waals surface area contributed by atoms with Gasteiger partial charge in [-0.2, -0.15) is 0 Å². The van der Waals surface area contributed by atoms with Crippen LogP contribution in [-0.2, 0) is 28.6 Å². The number of unbranched alkanes of at least 4 members (excludes halogenated alkanes) is 8. The summed E-state index contributed by atoms with van der Waals surface area (Å²) in [4.78, 5) is 36.5. The van der Waals surface area contributed by atoms with E-state index in [1.165, 1.54) is 32.1 Å². The zero-order valence-corrected chi connectivity index (χ0v) is 31.6. The molecule has 0 fully saturated rings. The van der Waals surface area contributed by atoms with Crippen LogP contribution in [0.2, 0.25) is 0 Å². The molecule has 0 spiro atoms. The average molecular weight is 688 g/mol. The van der Waals surface area contributed by atoms with Crippen LogP contribution in [0.25, 0.3) is 0 Å². The van der Waals surface area contributed by atoms with Crippen molar-refractivity contribution in [1.82, 2.24) is 0 Å². The van der Waals surface area contributed by atoms with Crippen LogP contribution >= 0.6 is 0 Å². The minimum Gasteiger partial charge on any atom is -0.544 e. The summed E-state index contributed by atoms with van der Waals surface area (Å²) in [6.45, 7) is 4.42. The van der Waals surface area contributed by atoms with Gasteiger partial charge in [-0.3, -0.25) is 9.59 Å². The Bertz CT molecular complexity index is 990. The van der Waals surface area contributed by atoms with Crippen LogP contribution in [0.4, 0.5) is 0 Å². The molecule has 0 aliphatic carbocycles. The van der Waals surface area contributed by atoms with Crippen LogP contribution in [0.1, 0.15) is 129 Å². The zero-order valence-electron chi connectivity index (χ0n) is 31.6. The number of ether oxygens (including phenoxy) is 3. The number of carboxylic acids is 1. The van der Waals surface area contributed by atoms with Gasteiger partial charge in [0.25, 0.3) is 0 Å². The summed E-state index contributed by atoms with van der Waals surface area (Å²) in [5.41, 5.74) is 0. The maximum Gasteiger partial charge on any atom is 0.306 e. The van der Waals surface area contributed by atoms with Crippen molar-refractivity contribution in [2.24, 2.45) is 0 Å². The molecule has 0 amide bonds. The predicted molar refractivity (Wildman–Crippen MR) is 199 cm³/mol. The van der Waals surface area contributed by atoms with Crippen molar-refractivity contribution >= 4 is 17.9 Å². The van der Waals surface area contributed by atoms with Crippen LogP contribution in [0.15, 0.2) is 60.8 Å². The molecule has 2 atom stereocenters. The van der Waals surface area contributed by atoms with Crippen molar-refractivity contribution in [1.29, 1.82) is 0 Å². The highest BCUT2D eigenvalue weighted by atomic mass is 16.6. The normalized spacial score (nSPS) is 13.7. The summed E-state index contributed by atoms with van der Waals surface area (Å²) >= 11 is 0. The van der Waals surface area contributed by atoms with Gasteiger partial charge < -0.3 is 28.6 Å². The second kappa shape index (κ2) is 32.2. The topological polar surface area (TPSA) is 102 Å². The molecule has 0 saturated carbocycles. The minimum absolute atomic E-state index is 0.0212. The summed E-state index contributed by atoms with van der Waals surface area (Å²) < 4.78 is 17.0. The van der Waals surface area contributed by atoms with Crippen LogP contribution in [0.5, 0.6) is 0 Å². The van der Waals surface area contributed by atoms with Crippen molar-refractivity contribution in [2.45, 2.75) is 142 Å². The van der Waals surface area contributed by atoms with Gasteiger partial charge in [-0.15, -0.1) is 0 Å². The third-order valence-electron chi connectivity index (χ3n) is 7.92. The third-order valence-corrected chi connectivity index (χ3v) is 7.92. The molecule has 0 saturated heterocycles. The van der Waals surface area contributed by atoms with Crippen LogP contribution in [-0.4, -0.2) is 75.5 Å². The smallest absolute Gasteiger partial charge is 0.306 e. The van der Waals surface area contributed by atoms with E-state index in [4.69, 9.17) is 14.2 Å². The predicted octanol–water partition coefficient (Wildman–Crippen LogP) is 8.13. The van der Waals surface area contributed by atoms with Gasteiger partial charge in [0.2, 0.25) is 0 Å². The lowest BCUT2D eigenvalue weighted by Gasteiger charge is -2.34. The summed E-state index contributed by atoms with van der Waals surface area (Å²) in [7, 11) is 5.37. The number of allylic oxidation sites excluding steroid dienone is 10. The number of carbonyl (C=O) groups excluding carboxylic acids is 3. The number of carbonyl (C=O) groups is 3. The van der Waals surface area contributed by atoms with E-state index >= 15 is 0 Å². The first-order chi connectivity index (χ1) is 23.6. The fraction of sp³-hybridized carbons (Fsp3) is 0.683. The minimum atomic E-state index is -1.14. The Morgan fingerprint density at radius 1 is 0.633 bits per heavy atom. The SMILES string of the molecule is CC/C=C/C/C=C/C/C=C/C/C=C/C/C=C/CCCC(=O)OCC(COCCC(C(=O)[O-])[N+](C)(C)C)OC(=O)CCCCCCCCCC. The molecular formula is C41H69NO7. The van der Waals surface area contributed by atoms with Gasteiger partial charge in [-0.1, -0.05) is 120 Å². The molecule has 0 heterocycles. The van der Waals surface area contributed by atoms with E-state index in [1.54, 1.807) is 21.1 Å². The van der Waals surface area contributed by atoms with Gasteiger partial charge in [0, 0.05) is 19.3 Å². The maximum absolute atomic E-state index is 12.6. The molecule has 0 aromatic carbocycles. The highest BCUT2D eigenvalue weighted by Gasteiger charge is 2.25. The van der Waals surface area contributed by atoms with Gasteiger partial charge in [0.15, 0.2) is 6.10 Å². The zero-order chi connectivity index (χ0) is 36.4. The van der Waals surface area contributed by atoms with E-state index in [2.05, 4.69) is 74.6 Å². The summed E-state index contributed by atoms with van der Waals surface area (Å²) in [5.74, 6) is -1.82. The number of nitrogens with zero attached hydrogens (tertiary/aromatic N) is 1.